The number of amides is 1. The van der Waals surface area contributed by atoms with Gasteiger partial charge in [0, 0.05) is 5.69 Å². The third kappa shape index (κ3) is 5.40. The van der Waals surface area contributed by atoms with Crippen LogP contribution in [0.4, 0.5) is 10.1 Å². The second-order valence-electron chi connectivity index (χ2n) is 6.46. The van der Waals surface area contributed by atoms with Crippen LogP contribution in [0.3, 0.4) is 0 Å². The van der Waals surface area contributed by atoms with E-state index in [1.165, 1.54) is 43.3 Å². The summed E-state index contributed by atoms with van der Waals surface area (Å²) in [5, 5.41) is 4.10. The van der Waals surface area contributed by atoms with Crippen molar-refractivity contribution in [3.8, 4) is 0 Å². The summed E-state index contributed by atoms with van der Waals surface area (Å²) in [7, 11) is -3.94. The molecule has 156 valence electrons. The Kier molecular flexibility index (Phi) is 6.43. The topological polar surface area (TPSA) is 102 Å². The predicted octanol–water partition coefficient (Wildman–Crippen LogP) is 2.83. The number of rotatable bonds is 7. The van der Waals surface area contributed by atoms with Gasteiger partial charge in [0.15, 0.2) is 6.10 Å². The number of carbonyl (C=O) groups is 2. The van der Waals surface area contributed by atoms with E-state index in [4.69, 9.17) is 4.74 Å². The lowest BCUT2D eigenvalue weighted by Crippen LogP contribution is -2.35. The average molecular weight is 430 g/mol. The van der Waals surface area contributed by atoms with Gasteiger partial charge in [0.2, 0.25) is 10.0 Å². The number of fused-ring (bicyclic) bond motifs is 1. The molecule has 0 aliphatic carbocycles. The quantitative estimate of drug-likeness (QED) is 0.562. The third-order valence-electron chi connectivity index (χ3n) is 4.23. The van der Waals surface area contributed by atoms with Crippen LogP contribution in [0.5, 0.6) is 0 Å². The number of esters is 1. The molecule has 0 spiro atoms. The van der Waals surface area contributed by atoms with Gasteiger partial charge in [0.05, 0.1) is 4.90 Å². The first-order valence-electron chi connectivity index (χ1n) is 8.99. The summed E-state index contributed by atoms with van der Waals surface area (Å²) in [6, 6.07) is 17.0. The highest BCUT2D eigenvalue weighted by atomic mass is 32.2. The van der Waals surface area contributed by atoms with E-state index in [0.29, 0.717) is 5.69 Å². The van der Waals surface area contributed by atoms with Gasteiger partial charge in [-0.1, -0.05) is 30.3 Å². The Labute approximate surface area is 172 Å². The molecule has 2 N–H and O–H groups in total. The number of benzene rings is 3. The first-order valence-corrected chi connectivity index (χ1v) is 10.5. The molecule has 0 aromatic heterocycles. The van der Waals surface area contributed by atoms with Crippen LogP contribution in [0.25, 0.3) is 10.8 Å². The van der Waals surface area contributed by atoms with Gasteiger partial charge in [-0.15, -0.1) is 0 Å². The number of anilines is 1. The van der Waals surface area contributed by atoms with E-state index in [2.05, 4.69) is 10.0 Å². The fraction of sp³-hybridized carbons (Fsp3) is 0.143. The maximum Gasteiger partial charge on any atom is 0.321 e. The highest BCUT2D eigenvalue weighted by Gasteiger charge is 2.21. The lowest BCUT2D eigenvalue weighted by molar-refractivity contribution is -0.151. The fourth-order valence-electron chi connectivity index (χ4n) is 2.64. The van der Waals surface area contributed by atoms with E-state index < -0.39 is 40.4 Å². The molecule has 0 bridgehead atoms. The number of carbonyl (C=O) groups excluding carboxylic acids is 2. The molecule has 7 nitrogen and oxygen atoms in total. The smallest absolute Gasteiger partial charge is 0.321 e. The largest absolute Gasteiger partial charge is 0.452 e. The van der Waals surface area contributed by atoms with Gasteiger partial charge < -0.3 is 10.1 Å². The van der Waals surface area contributed by atoms with Crippen molar-refractivity contribution in [3.63, 3.8) is 0 Å². The lowest BCUT2D eigenvalue weighted by Gasteiger charge is -2.14. The molecule has 3 aromatic rings. The van der Waals surface area contributed by atoms with E-state index in [9.17, 15) is 22.4 Å². The molecule has 0 fully saturated rings. The van der Waals surface area contributed by atoms with E-state index >= 15 is 0 Å². The van der Waals surface area contributed by atoms with Crippen molar-refractivity contribution in [2.45, 2.75) is 17.9 Å². The Balaban J connectivity index is 1.55. The summed E-state index contributed by atoms with van der Waals surface area (Å²) in [6.45, 7) is 0.706. The summed E-state index contributed by atoms with van der Waals surface area (Å²) in [5.74, 6) is -2.00. The standard InChI is InChI=1S/C21H19FN2O5S/c1-14(21(26)24-18-9-7-17(22)8-10-18)29-20(25)13-23-30(27,28)19-11-6-15-4-2-3-5-16(15)12-19/h2-12,14,23H,13H2,1H3,(H,24,26)/t14-/m1/s1. The number of sulfonamides is 1. The Hall–Kier alpha value is -3.30. The summed E-state index contributed by atoms with van der Waals surface area (Å²) in [6.07, 6.45) is -1.17. The average Bonchev–Trinajstić information content (AvgIpc) is 2.73. The van der Waals surface area contributed by atoms with Crippen LogP contribution < -0.4 is 10.0 Å². The minimum absolute atomic E-state index is 0.0103. The van der Waals surface area contributed by atoms with Gasteiger partial charge in [0.1, 0.15) is 12.4 Å². The van der Waals surface area contributed by atoms with E-state index in [0.717, 1.165) is 10.8 Å². The molecule has 0 unspecified atom stereocenters. The van der Waals surface area contributed by atoms with Gasteiger partial charge in [0.25, 0.3) is 5.91 Å². The molecule has 9 heteroatoms. The molecule has 1 amide bonds. The Morgan fingerprint density at radius 3 is 2.37 bits per heavy atom. The van der Waals surface area contributed by atoms with E-state index in [-0.39, 0.29) is 4.90 Å². The molecule has 3 aromatic carbocycles. The van der Waals surface area contributed by atoms with Crippen LogP contribution in [0.15, 0.2) is 71.6 Å². The normalized spacial score (nSPS) is 12.3. The maximum atomic E-state index is 12.9. The maximum absolute atomic E-state index is 12.9. The Morgan fingerprint density at radius 1 is 1.00 bits per heavy atom. The van der Waals surface area contributed by atoms with Gasteiger partial charge in [-0.2, -0.15) is 4.72 Å². The molecule has 0 aliphatic heterocycles. The summed E-state index contributed by atoms with van der Waals surface area (Å²) >= 11 is 0. The van der Waals surface area contributed by atoms with E-state index in [1.807, 2.05) is 12.1 Å². The fourth-order valence-corrected chi connectivity index (χ4v) is 3.65. The molecule has 0 radical (unpaired) electrons. The summed E-state index contributed by atoms with van der Waals surface area (Å²) < 4.78 is 44.9. The zero-order valence-corrected chi connectivity index (χ0v) is 16.8. The van der Waals surface area contributed by atoms with Gasteiger partial charge in [-0.3, -0.25) is 9.59 Å². The van der Waals surface area contributed by atoms with E-state index in [1.54, 1.807) is 18.2 Å². The molecule has 0 saturated heterocycles. The second kappa shape index (κ2) is 9.02. The number of hydrogen-bond donors (Lipinski definition) is 2. The lowest BCUT2D eigenvalue weighted by atomic mass is 10.1. The van der Waals surface area contributed by atoms with Gasteiger partial charge >= 0.3 is 5.97 Å². The monoisotopic (exact) mass is 430 g/mol. The molecular weight excluding hydrogens is 411 g/mol. The molecule has 0 aliphatic rings. The Bertz CT molecular complexity index is 1180. The van der Waals surface area contributed by atoms with Crippen molar-refractivity contribution in [1.82, 2.24) is 4.72 Å². The SMILES string of the molecule is C[C@@H](OC(=O)CNS(=O)(=O)c1ccc2ccccc2c1)C(=O)Nc1ccc(F)cc1. The molecule has 30 heavy (non-hydrogen) atoms. The zero-order valence-electron chi connectivity index (χ0n) is 16.0. The molecular formula is C21H19FN2O5S. The molecule has 0 heterocycles. The molecule has 3 rings (SSSR count). The first kappa shape index (κ1) is 21.4. The summed E-state index contributed by atoms with van der Waals surface area (Å²) in [4.78, 5) is 24.0. The molecule has 1 atom stereocenters. The van der Waals surface area contributed by atoms with Crippen molar-refractivity contribution in [3.05, 3.63) is 72.5 Å². The number of halogens is 1. The summed E-state index contributed by atoms with van der Waals surface area (Å²) in [5.41, 5.74) is 0.335. The number of hydrogen-bond acceptors (Lipinski definition) is 5. The van der Waals surface area contributed by atoms with Gasteiger partial charge in [-0.05, 0) is 54.1 Å². The van der Waals surface area contributed by atoms with Crippen LogP contribution in [0, 0.1) is 5.82 Å². The van der Waals surface area contributed by atoms with Crippen LogP contribution >= 0.6 is 0 Å². The van der Waals surface area contributed by atoms with Crippen molar-refractivity contribution >= 4 is 38.4 Å². The minimum Gasteiger partial charge on any atom is -0.452 e. The highest BCUT2D eigenvalue weighted by molar-refractivity contribution is 7.89. The zero-order chi connectivity index (χ0) is 21.7. The van der Waals surface area contributed by atoms with Crippen molar-refractivity contribution in [2.24, 2.45) is 0 Å². The second-order valence-corrected chi connectivity index (χ2v) is 8.23. The third-order valence-corrected chi connectivity index (χ3v) is 5.63. The van der Waals surface area contributed by atoms with Crippen LogP contribution in [0.1, 0.15) is 6.92 Å². The Morgan fingerprint density at radius 2 is 1.67 bits per heavy atom. The van der Waals surface area contributed by atoms with Crippen molar-refractivity contribution in [1.29, 1.82) is 0 Å². The number of ether oxygens (including phenoxy) is 1. The highest BCUT2D eigenvalue weighted by Crippen LogP contribution is 2.18. The van der Waals surface area contributed by atoms with Crippen LogP contribution in [-0.2, 0) is 24.3 Å². The van der Waals surface area contributed by atoms with Crippen LogP contribution in [0.2, 0.25) is 0 Å². The first-order chi connectivity index (χ1) is 14.2. The molecule has 0 saturated carbocycles. The predicted molar refractivity (Wildman–Crippen MR) is 110 cm³/mol. The minimum atomic E-state index is -3.94. The number of nitrogens with one attached hydrogen (secondary N) is 2. The van der Waals surface area contributed by atoms with Crippen molar-refractivity contribution in [2.75, 3.05) is 11.9 Å². The van der Waals surface area contributed by atoms with Crippen molar-refractivity contribution < 1.29 is 27.1 Å². The van der Waals surface area contributed by atoms with Crippen LogP contribution in [-0.4, -0.2) is 32.9 Å². The van der Waals surface area contributed by atoms with Gasteiger partial charge in [-0.25, -0.2) is 12.8 Å².